The number of aryl methyl sites for hydroxylation is 2. The molecule has 0 aliphatic carbocycles. The second-order valence-electron chi connectivity index (χ2n) is 5.15. The molecular formula is C17H17BrN2. The van der Waals surface area contributed by atoms with Gasteiger partial charge in [0.2, 0.25) is 0 Å². The zero-order valence-corrected chi connectivity index (χ0v) is 13.2. The largest absolute Gasteiger partial charge is 0.381 e. The number of anilines is 1. The van der Waals surface area contributed by atoms with E-state index in [1.54, 1.807) is 0 Å². The summed E-state index contributed by atoms with van der Waals surface area (Å²) in [5, 5.41) is 4.82. The van der Waals surface area contributed by atoms with Gasteiger partial charge in [-0.25, -0.2) is 0 Å². The van der Waals surface area contributed by atoms with E-state index in [4.69, 9.17) is 0 Å². The van der Waals surface area contributed by atoms with Crippen molar-refractivity contribution in [2.45, 2.75) is 13.5 Å². The van der Waals surface area contributed by atoms with Crippen molar-refractivity contribution in [3.8, 4) is 0 Å². The Morgan fingerprint density at radius 1 is 1.15 bits per heavy atom. The van der Waals surface area contributed by atoms with Crippen molar-refractivity contribution < 1.29 is 0 Å². The van der Waals surface area contributed by atoms with Crippen LogP contribution in [0.15, 0.2) is 53.1 Å². The Morgan fingerprint density at radius 2 is 1.95 bits per heavy atom. The number of nitrogens with one attached hydrogen (secondary N) is 1. The summed E-state index contributed by atoms with van der Waals surface area (Å²) in [6.45, 7) is 2.94. The third-order valence-electron chi connectivity index (χ3n) is 3.50. The van der Waals surface area contributed by atoms with Crippen LogP contribution in [0.25, 0.3) is 10.9 Å². The number of rotatable bonds is 3. The van der Waals surface area contributed by atoms with Gasteiger partial charge >= 0.3 is 0 Å². The van der Waals surface area contributed by atoms with Gasteiger partial charge in [0.1, 0.15) is 0 Å². The first-order valence-corrected chi connectivity index (χ1v) is 7.47. The summed E-state index contributed by atoms with van der Waals surface area (Å²) < 4.78 is 3.29. The zero-order valence-electron chi connectivity index (χ0n) is 11.7. The van der Waals surface area contributed by atoms with Crippen molar-refractivity contribution in [2.75, 3.05) is 5.32 Å². The third kappa shape index (κ3) is 2.59. The van der Waals surface area contributed by atoms with Crippen LogP contribution < -0.4 is 5.32 Å². The number of fused-ring (bicyclic) bond motifs is 1. The van der Waals surface area contributed by atoms with Gasteiger partial charge in [0, 0.05) is 40.9 Å². The molecule has 0 unspecified atom stereocenters. The van der Waals surface area contributed by atoms with Gasteiger partial charge in [0.15, 0.2) is 0 Å². The summed E-state index contributed by atoms with van der Waals surface area (Å²) in [4.78, 5) is 0. The minimum atomic E-state index is 0.831. The van der Waals surface area contributed by atoms with Crippen molar-refractivity contribution in [1.82, 2.24) is 4.57 Å². The molecule has 3 aromatic rings. The fourth-order valence-corrected chi connectivity index (χ4v) is 3.21. The molecule has 2 aromatic carbocycles. The average molecular weight is 329 g/mol. The molecule has 1 N–H and O–H groups in total. The Balaban J connectivity index is 1.87. The van der Waals surface area contributed by atoms with Crippen LogP contribution in [0.3, 0.4) is 0 Å². The first kappa shape index (κ1) is 13.3. The highest BCUT2D eigenvalue weighted by Gasteiger charge is 2.05. The first-order chi connectivity index (χ1) is 9.63. The lowest BCUT2D eigenvalue weighted by Gasteiger charge is -2.07. The molecule has 0 saturated carbocycles. The molecule has 0 aliphatic rings. The van der Waals surface area contributed by atoms with Gasteiger partial charge in [-0.15, -0.1) is 0 Å². The van der Waals surface area contributed by atoms with Gasteiger partial charge in [-0.1, -0.05) is 34.1 Å². The Hall–Kier alpha value is -1.74. The highest BCUT2D eigenvalue weighted by atomic mass is 79.9. The molecule has 3 heteroatoms. The lowest BCUT2D eigenvalue weighted by molar-refractivity contribution is 0.955. The number of aromatic nitrogens is 1. The van der Waals surface area contributed by atoms with E-state index >= 15 is 0 Å². The summed E-state index contributed by atoms with van der Waals surface area (Å²) in [7, 11) is 2.09. The molecule has 2 nitrogen and oxygen atoms in total. The van der Waals surface area contributed by atoms with E-state index in [1.165, 1.54) is 22.0 Å². The number of hydrogen-bond acceptors (Lipinski definition) is 1. The molecule has 0 aliphatic heterocycles. The standard InChI is InChI=1S/C17H17BrN2/c1-12-7-14(18)9-15(8-12)19-10-13-11-20(2)17-6-4-3-5-16(13)17/h3-9,11,19H,10H2,1-2H3. The van der Waals surface area contributed by atoms with Crippen LogP contribution in [0, 0.1) is 6.92 Å². The Bertz CT molecular complexity index is 739. The second-order valence-corrected chi connectivity index (χ2v) is 6.07. The number of halogens is 1. The van der Waals surface area contributed by atoms with E-state index in [0.29, 0.717) is 0 Å². The Kier molecular flexibility index (Phi) is 3.53. The van der Waals surface area contributed by atoms with E-state index in [2.05, 4.69) is 88.4 Å². The van der Waals surface area contributed by atoms with E-state index in [0.717, 1.165) is 16.7 Å². The fourth-order valence-electron chi connectivity index (χ4n) is 2.60. The lowest BCUT2D eigenvalue weighted by Crippen LogP contribution is -1.99. The summed E-state index contributed by atoms with van der Waals surface area (Å²) in [6, 6.07) is 14.9. The Labute approximate surface area is 127 Å². The topological polar surface area (TPSA) is 17.0 Å². The van der Waals surface area contributed by atoms with Crippen LogP contribution in [0.5, 0.6) is 0 Å². The minimum Gasteiger partial charge on any atom is -0.381 e. The van der Waals surface area contributed by atoms with Crippen LogP contribution in [-0.4, -0.2) is 4.57 Å². The molecule has 0 spiro atoms. The second kappa shape index (κ2) is 5.33. The lowest BCUT2D eigenvalue weighted by atomic mass is 10.1. The summed E-state index contributed by atoms with van der Waals surface area (Å²) in [6.07, 6.45) is 2.20. The SMILES string of the molecule is Cc1cc(Br)cc(NCc2cn(C)c3ccccc23)c1. The van der Waals surface area contributed by atoms with Gasteiger partial charge in [0.05, 0.1) is 0 Å². The predicted molar refractivity (Wildman–Crippen MR) is 89.1 cm³/mol. The van der Waals surface area contributed by atoms with E-state index in [9.17, 15) is 0 Å². The van der Waals surface area contributed by atoms with Gasteiger partial charge in [0.25, 0.3) is 0 Å². The molecule has 1 aromatic heterocycles. The molecule has 0 atom stereocenters. The van der Waals surface area contributed by atoms with Crippen LogP contribution in [-0.2, 0) is 13.6 Å². The third-order valence-corrected chi connectivity index (χ3v) is 3.96. The Morgan fingerprint density at radius 3 is 2.75 bits per heavy atom. The minimum absolute atomic E-state index is 0.831. The first-order valence-electron chi connectivity index (χ1n) is 6.67. The normalized spacial score (nSPS) is 10.9. The van der Waals surface area contributed by atoms with Crippen LogP contribution >= 0.6 is 15.9 Å². The highest BCUT2D eigenvalue weighted by molar-refractivity contribution is 9.10. The van der Waals surface area contributed by atoms with Gasteiger partial charge < -0.3 is 9.88 Å². The van der Waals surface area contributed by atoms with Crippen LogP contribution in [0.2, 0.25) is 0 Å². The van der Waals surface area contributed by atoms with Crippen molar-refractivity contribution in [1.29, 1.82) is 0 Å². The zero-order chi connectivity index (χ0) is 14.1. The van der Waals surface area contributed by atoms with Crippen molar-refractivity contribution in [3.63, 3.8) is 0 Å². The molecule has 3 rings (SSSR count). The molecule has 0 radical (unpaired) electrons. The van der Waals surface area contributed by atoms with Crippen LogP contribution in [0.1, 0.15) is 11.1 Å². The highest BCUT2D eigenvalue weighted by Crippen LogP contribution is 2.23. The summed E-state index contributed by atoms with van der Waals surface area (Å²) in [5.74, 6) is 0. The van der Waals surface area contributed by atoms with Gasteiger partial charge in [-0.3, -0.25) is 0 Å². The van der Waals surface area contributed by atoms with Gasteiger partial charge in [-0.05, 0) is 42.3 Å². The molecule has 0 fully saturated rings. The molecule has 102 valence electrons. The van der Waals surface area contributed by atoms with E-state index in [-0.39, 0.29) is 0 Å². The number of hydrogen-bond donors (Lipinski definition) is 1. The maximum Gasteiger partial charge on any atom is 0.0481 e. The molecule has 0 amide bonds. The maximum atomic E-state index is 3.54. The number of nitrogens with zero attached hydrogens (tertiary/aromatic N) is 1. The van der Waals surface area contributed by atoms with Gasteiger partial charge in [-0.2, -0.15) is 0 Å². The van der Waals surface area contributed by atoms with Crippen LogP contribution in [0.4, 0.5) is 5.69 Å². The molecular weight excluding hydrogens is 312 g/mol. The average Bonchev–Trinajstić information content (AvgIpc) is 2.73. The fraction of sp³-hybridized carbons (Fsp3) is 0.176. The molecule has 1 heterocycles. The summed E-state index contributed by atoms with van der Waals surface area (Å²) in [5.41, 5.74) is 4.99. The quantitative estimate of drug-likeness (QED) is 0.726. The number of benzene rings is 2. The van der Waals surface area contributed by atoms with Crippen molar-refractivity contribution >= 4 is 32.5 Å². The smallest absolute Gasteiger partial charge is 0.0481 e. The molecule has 0 bridgehead atoms. The van der Waals surface area contributed by atoms with Crippen molar-refractivity contribution in [2.24, 2.45) is 7.05 Å². The monoisotopic (exact) mass is 328 g/mol. The summed E-state index contributed by atoms with van der Waals surface area (Å²) >= 11 is 3.54. The van der Waals surface area contributed by atoms with E-state index in [1.807, 2.05) is 0 Å². The molecule has 20 heavy (non-hydrogen) atoms. The predicted octanol–water partition coefficient (Wildman–Crippen LogP) is 4.86. The molecule has 0 saturated heterocycles. The van der Waals surface area contributed by atoms with E-state index < -0.39 is 0 Å². The van der Waals surface area contributed by atoms with Crippen molar-refractivity contribution in [3.05, 3.63) is 64.3 Å². The number of para-hydroxylation sites is 1. The maximum absolute atomic E-state index is 3.54.